The highest BCUT2D eigenvalue weighted by Gasteiger charge is 2.15. The van der Waals surface area contributed by atoms with E-state index in [-0.39, 0.29) is 18.1 Å². The van der Waals surface area contributed by atoms with Crippen molar-refractivity contribution in [1.29, 1.82) is 0 Å². The molecule has 0 aliphatic carbocycles. The lowest BCUT2D eigenvalue weighted by Crippen LogP contribution is -2.33. The standard InChI is InChI=1S/C23H24FN7O2/c1-14-17(3-4-20(24)30-14)18-9-16(13-29-23-26-7-8-27-23)10-19(31-18)22(32)28-12-15-5-6-25-21(11-15)33-2/h3-6,9-11H,7-8,12-13H2,1-2H3,(H,28,32)(H2,26,27,29). The molecule has 0 spiro atoms. The lowest BCUT2D eigenvalue weighted by Gasteiger charge is -2.12. The largest absolute Gasteiger partial charge is 0.481 e. The number of guanidine groups is 1. The molecule has 1 aliphatic heterocycles. The summed E-state index contributed by atoms with van der Waals surface area (Å²) < 4.78 is 18.6. The van der Waals surface area contributed by atoms with Crippen LogP contribution in [0.3, 0.4) is 0 Å². The Morgan fingerprint density at radius 3 is 2.79 bits per heavy atom. The molecule has 0 unspecified atom stereocenters. The van der Waals surface area contributed by atoms with E-state index < -0.39 is 5.95 Å². The van der Waals surface area contributed by atoms with Crippen LogP contribution in [0.15, 0.2) is 47.6 Å². The number of nitrogens with one attached hydrogen (secondary N) is 3. The highest BCUT2D eigenvalue weighted by molar-refractivity contribution is 5.93. The second-order valence-corrected chi connectivity index (χ2v) is 7.41. The number of hydrogen-bond acceptors (Lipinski definition) is 8. The topological polar surface area (TPSA) is 113 Å². The molecule has 0 atom stereocenters. The zero-order valence-corrected chi connectivity index (χ0v) is 18.4. The van der Waals surface area contributed by atoms with Gasteiger partial charge in [0.1, 0.15) is 5.69 Å². The lowest BCUT2D eigenvalue weighted by atomic mass is 10.1. The molecular formula is C23H24FN7O2. The average molecular weight is 449 g/mol. The van der Waals surface area contributed by atoms with Crippen LogP contribution in [0.4, 0.5) is 4.39 Å². The Morgan fingerprint density at radius 2 is 2.03 bits per heavy atom. The van der Waals surface area contributed by atoms with E-state index in [4.69, 9.17) is 4.74 Å². The number of halogens is 1. The maximum Gasteiger partial charge on any atom is 0.270 e. The van der Waals surface area contributed by atoms with Crippen molar-refractivity contribution in [3.63, 3.8) is 0 Å². The van der Waals surface area contributed by atoms with Crippen molar-refractivity contribution in [3.05, 3.63) is 71.1 Å². The van der Waals surface area contributed by atoms with Crippen LogP contribution in [-0.2, 0) is 13.1 Å². The number of pyridine rings is 3. The molecule has 170 valence electrons. The summed E-state index contributed by atoms with van der Waals surface area (Å²) in [5.41, 5.74) is 3.60. The van der Waals surface area contributed by atoms with E-state index in [1.54, 1.807) is 37.4 Å². The van der Waals surface area contributed by atoms with E-state index in [0.29, 0.717) is 35.3 Å². The highest BCUT2D eigenvalue weighted by Crippen LogP contribution is 2.22. The van der Waals surface area contributed by atoms with Crippen LogP contribution in [-0.4, -0.2) is 47.0 Å². The quantitative estimate of drug-likeness (QED) is 0.473. The molecule has 0 saturated heterocycles. The van der Waals surface area contributed by atoms with Crippen LogP contribution in [0.2, 0.25) is 0 Å². The van der Waals surface area contributed by atoms with Gasteiger partial charge in [0, 0.05) is 43.2 Å². The van der Waals surface area contributed by atoms with Crippen molar-refractivity contribution in [2.75, 3.05) is 20.2 Å². The van der Waals surface area contributed by atoms with Crippen LogP contribution in [0, 0.1) is 12.9 Å². The van der Waals surface area contributed by atoms with Crippen LogP contribution >= 0.6 is 0 Å². The number of carbonyl (C=O) groups is 1. The molecule has 0 fully saturated rings. The van der Waals surface area contributed by atoms with Gasteiger partial charge >= 0.3 is 0 Å². The summed E-state index contributed by atoms with van der Waals surface area (Å²) in [4.78, 5) is 29.8. The van der Waals surface area contributed by atoms with E-state index in [2.05, 4.69) is 35.9 Å². The number of aliphatic imine (C=N–C) groups is 1. The van der Waals surface area contributed by atoms with E-state index in [1.807, 2.05) is 6.07 Å². The summed E-state index contributed by atoms with van der Waals surface area (Å²) in [7, 11) is 1.54. The molecule has 10 heteroatoms. The molecule has 4 heterocycles. The van der Waals surface area contributed by atoms with Gasteiger partial charge in [-0.05, 0) is 48.4 Å². The SMILES string of the molecule is COc1cc(CNC(=O)c2cc(CNC3=NCCN3)cc(-c3ccc(F)nc3C)n2)ccn1. The Morgan fingerprint density at radius 1 is 1.15 bits per heavy atom. The van der Waals surface area contributed by atoms with Crippen molar-refractivity contribution in [2.45, 2.75) is 20.0 Å². The third-order valence-electron chi connectivity index (χ3n) is 5.04. The van der Waals surface area contributed by atoms with E-state index in [1.165, 1.54) is 13.2 Å². The summed E-state index contributed by atoms with van der Waals surface area (Å²) in [6.45, 7) is 3.94. The summed E-state index contributed by atoms with van der Waals surface area (Å²) in [6.07, 6.45) is 1.62. The molecular weight excluding hydrogens is 425 g/mol. The minimum atomic E-state index is -0.565. The monoisotopic (exact) mass is 449 g/mol. The first kappa shape index (κ1) is 22.1. The summed E-state index contributed by atoms with van der Waals surface area (Å²) >= 11 is 0. The van der Waals surface area contributed by atoms with Gasteiger partial charge in [-0.2, -0.15) is 4.39 Å². The third-order valence-corrected chi connectivity index (χ3v) is 5.04. The average Bonchev–Trinajstić information content (AvgIpc) is 3.35. The molecule has 0 bridgehead atoms. The number of ether oxygens (including phenoxy) is 1. The molecule has 9 nitrogen and oxygen atoms in total. The number of hydrogen-bond donors (Lipinski definition) is 3. The van der Waals surface area contributed by atoms with Crippen LogP contribution in [0.1, 0.15) is 27.3 Å². The van der Waals surface area contributed by atoms with Crippen LogP contribution in [0.5, 0.6) is 5.88 Å². The molecule has 4 rings (SSSR count). The maximum absolute atomic E-state index is 13.5. The van der Waals surface area contributed by atoms with Crippen molar-refractivity contribution < 1.29 is 13.9 Å². The number of nitrogens with zero attached hydrogens (tertiary/aromatic N) is 4. The number of amides is 1. The zero-order valence-electron chi connectivity index (χ0n) is 18.4. The second kappa shape index (κ2) is 10.0. The maximum atomic E-state index is 13.5. The van der Waals surface area contributed by atoms with Gasteiger partial charge in [-0.15, -0.1) is 0 Å². The minimum Gasteiger partial charge on any atom is -0.481 e. The van der Waals surface area contributed by atoms with Gasteiger partial charge in [0.25, 0.3) is 5.91 Å². The van der Waals surface area contributed by atoms with Gasteiger partial charge in [-0.1, -0.05) is 0 Å². The lowest BCUT2D eigenvalue weighted by molar-refractivity contribution is 0.0946. The predicted octanol–water partition coefficient (Wildman–Crippen LogP) is 1.97. The Labute approximate surface area is 190 Å². The van der Waals surface area contributed by atoms with E-state index in [9.17, 15) is 9.18 Å². The van der Waals surface area contributed by atoms with Crippen molar-refractivity contribution in [2.24, 2.45) is 4.99 Å². The fourth-order valence-electron chi connectivity index (χ4n) is 3.39. The molecule has 1 aliphatic rings. The molecule has 0 radical (unpaired) electrons. The Balaban J connectivity index is 1.59. The van der Waals surface area contributed by atoms with Gasteiger partial charge < -0.3 is 20.7 Å². The van der Waals surface area contributed by atoms with Gasteiger partial charge in [0.05, 0.1) is 19.3 Å². The Bertz CT molecular complexity index is 1200. The van der Waals surface area contributed by atoms with Crippen LogP contribution in [0.25, 0.3) is 11.3 Å². The highest BCUT2D eigenvalue weighted by atomic mass is 19.1. The molecule has 3 N–H and O–H groups in total. The molecule has 0 aromatic carbocycles. The number of aromatic nitrogens is 3. The van der Waals surface area contributed by atoms with Crippen molar-refractivity contribution in [3.8, 4) is 17.1 Å². The van der Waals surface area contributed by atoms with Gasteiger partial charge in [0.2, 0.25) is 11.8 Å². The molecule has 1 amide bonds. The Kier molecular flexibility index (Phi) is 6.72. The van der Waals surface area contributed by atoms with E-state index >= 15 is 0 Å². The first-order valence-corrected chi connectivity index (χ1v) is 10.5. The summed E-state index contributed by atoms with van der Waals surface area (Å²) in [5.74, 6) is 0.284. The fraction of sp³-hybridized carbons (Fsp3) is 0.261. The van der Waals surface area contributed by atoms with Gasteiger partial charge in [0.15, 0.2) is 5.96 Å². The number of rotatable bonds is 7. The number of carbonyl (C=O) groups excluding carboxylic acids is 1. The van der Waals surface area contributed by atoms with E-state index in [0.717, 1.165) is 24.2 Å². The van der Waals surface area contributed by atoms with Crippen molar-refractivity contribution in [1.82, 2.24) is 30.9 Å². The normalized spacial score (nSPS) is 12.6. The van der Waals surface area contributed by atoms with Gasteiger partial charge in [-0.25, -0.2) is 15.0 Å². The minimum absolute atomic E-state index is 0.246. The molecule has 0 saturated carbocycles. The van der Waals surface area contributed by atoms with Gasteiger partial charge in [-0.3, -0.25) is 9.79 Å². The Hall–Kier alpha value is -4.08. The number of aryl methyl sites for hydroxylation is 1. The summed E-state index contributed by atoms with van der Waals surface area (Å²) in [6, 6.07) is 10.0. The number of methoxy groups -OCH3 is 1. The second-order valence-electron chi connectivity index (χ2n) is 7.41. The molecule has 3 aromatic heterocycles. The first-order chi connectivity index (χ1) is 16.0. The predicted molar refractivity (Wildman–Crippen MR) is 121 cm³/mol. The van der Waals surface area contributed by atoms with Crippen LogP contribution < -0.4 is 20.7 Å². The molecule has 3 aromatic rings. The fourth-order valence-corrected chi connectivity index (χ4v) is 3.39. The summed E-state index contributed by atoms with van der Waals surface area (Å²) in [5, 5.41) is 9.25. The third kappa shape index (κ3) is 5.59. The zero-order chi connectivity index (χ0) is 23.2. The van der Waals surface area contributed by atoms with Crippen molar-refractivity contribution >= 4 is 11.9 Å². The molecule has 33 heavy (non-hydrogen) atoms. The smallest absolute Gasteiger partial charge is 0.270 e. The first-order valence-electron chi connectivity index (χ1n) is 10.5.